The molecule has 1 N–H and O–H groups in total. The summed E-state index contributed by atoms with van der Waals surface area (Å²) in [7, 11) is 0. The van der Waals surface area contributed by atoms with Crippen molar-refractivity contribution in [2.24, 2.45) is 4.99 Å². The molecule has 0 aliphatic carbocycles. The first-order valence-electron chi connectivity index (χ1n) is 11.0. The number of carbonyl (C=O) groups excluding carboxylic acids is 1. The van der Waals surface area contributed by atoms with E-state index in [1.54, 1.807) is 29.7 Å². The number of nitrogens with one attached hydrogen (secondary N) is 1. The molecular weight excluding hydrogens is 487 g/mol. The molecule has 0 fully saturated rings. The number of rotatable bonds is 8. The molecule has 1 aromatic carbocycles. The van der Waals surface area contributed by atoms with E-state index in [9.17, 15) is 4.79 Å². The Hall–Kier alpha value is -2.80. The molecule has 0 unspecified atom stereocenters. The van der Waals surface area contributed by atoms with E-state index < -0.39 is 0 Å². The summed E-state index contributed by atoms with van der Waals surface area (Å²) in [5.41, 5.74) is 4.35. The number of halogens is 2. The molecule has 1 amide bonds. The van der Waals surface area contributed by atoms with Crippen LogP contribution in [0.5, 0.6) is 0 Å². The molecule has 2 aromatic heterocycles. The van der Waals surface area contributed by atoms with Crippen molar-refractivity contribution < 1.29 is 4.79 Å². The molecule has 8 heteroatoms. The molecule has 1 aliphatic rings. The fourth-order valence-electron chi connectivity index (χ4n) is 3.71. The van der Waals surface area contributed by atoms with Crippen LogP contribution in [0.3, 0.4) is 0 Å². The fourth-order valence-corrected chi connectivity index (χ4v) is 5.29. The van der Waals surface area contributed by atoms with Crippen molar-refractivity contribution in [3.05, 3.63) is 75.9 Å². The Bertz CT molecular complexity index is 1300. The number of allylic oxidation sites excluding steroid dienone is 2. The van der Waals surface area contributed by atoms with Gasteiger partial charge >= 0.3 is 0 Å². The molecule has 0 atom stereocenters. The Morgan fingerprint density at radius 3 is 2.88 bits per heavy atom. The number of fused-ring (bicyclic) bond motifs is 1. The average molecular weight is 511 g/mol. The quantitative estimate of drug-likeness (QED) is 0.191. The van der Waals surface area contributed by atoms with E-state index >= 15 is 0 Å². The standard InChI is InChI=1S/C26H24Cl2N4OS/c1-3-4-5-6-7-13-29-16(2)24-23(20-9-8-17(27)15-21(20)28)32-26(34-24)19-12-14-30-25-18(19)10-11-22(33)31-25/h3,7-9,12-15H,1,4-6,10-11H2,2H3,(H,30,31,33)/b13-7-,29-16?. The largest absolute Gasteiger partial charge is 0.310 e. The van der Waals surface area contributed by atoms with Crippen molar-refractivity contribution in [1.29, 1.82) is 0 Å². The Labute approximate surface area is 213 Å². The Morgan fingerprint density at radius 1 is 1.24 bits per heavy atom. The maximum Gasteiger partial charge on any atom is 0.225 e. The highest BCUT2D eigenvalue weighted by atomic mass is 35.5. The smallest absolute Gasteiger partial charge is 0.225 e. The molecule has 5 nitrogen and oxygen atoms in total. The first kappa shape index (κ1) is 24.3. The molecule has 0 saturated carbocycles. The normalized spacial score (nSPS) is 13.7. The zero-order valence-corrected chi connectivity index (χ0v) is 21.1. The van der Waals surface area contributed by atoms with Gasteiger partial charge in [0.05, 0.1) is 21.3 Å². The van der Waals surface area contributed by atoms with Crippen molar-refractivity contribution in [3.63, 3.8) is 0 Å². The van der Waals surface area contributed by atoms with Gasteiger partial charge in [0.1, 0.15) is 10.8 Å². The van der Waals surface area contributed by atoms with E-state index in [2.05, 4.69) is 27.9 Å². The highest BCUT2D eigenvalue weighted by molar-refractivity contribution is 7.17. The van der Waals surface area contributed by atoms with Crippen molar-refractivity contribution in [2.75, 3.05) is 5.32 Å². The van der Waals surface area contributed by atoms with E-state index in [0.717, 1.165) is 57.2 Å². The zero-order valence-electron chi connectivity index (χ0n) is 18.8. The number of hydrogen-bond acceptors (Lipinski definition) is 5. The predicted octanol–water partition coefficient (Wildman–Crippen LogP) is 7.74. The van der Waals surface area contributed by atoms with Crippen LogP contribution < -0.4 is 5.32 Å². The summed E-state index contributed by atoms with van der Waals surface area (Å²) < 4.78 is 0. The lowest BCUT2D eigenvalue weighted by molar-refractivity contribution is -0.116. The van der Waals surface area contributed by atoms with Gasteiger partial charge in [-0.3, -0.25) is 9.79 Å². The third-order valence-corrected chi connectivity index (χ3v) is 7.19. The SMILES string of the molecule is C=CCCC/C=C\N=C(C)c1sc(-c2ccnc3c2CCC(=O)N3)nc1-c1ccc(Cl)cc1Cl. The Morgan fingerprint density at radius 2 is 2.09 bits per heavy atom. The van der Waals surface area contributed by atoms with E-state index in [-0.39, 0.29) is 5.91 Å². The molecule has 34 heavy (non-hydrogen) atoms. The monoisotopic (exact) mass is 510 g/mol. The van der Waals surface area contributed by atoms with Crippen molar-refractivity contribution in [3.8, 4) is 21.8 Å². The third kappa shape index (κ3) is 5.46. The third-order valence-electron chi connectivity index (χ3n) is 5.44. The van der Waals surface area contributed by atoms with Gasteiger partial charge in [-0.25, -0.2) is 9.97 Å². The number of anilines is 1. The Kier molecular flexibility index (Phi) is 7.93. The van der Waals surface area contributed by atoms with E-state index in [0.29, 0.717) is 28.7 Å². The van der Waals surface area contributed by atoms with E-state index in [1.807, 2.05) is 31.3 Å². The summed E-state index contributed by atoms with van der Waals surface area (Å²) in [5.74, 6) is 0.581. The number of aliphatic imine (C=N–C) groups is 1. The predicted molar refractivity (Wildman–Crippen MR) is 143 cm³/mol. The number of benzene rings is 1. The van der Waals surface area contributed by atoms with Gasteiger partial charge < -0.3 is 5.32 Å². The van der Waals surface area contributed by atoms with Crippen LogP contribution in [0.4, 0.5) is 5.82 Å². The first-order chi connectivity index (χ1) is 16.5. The van der Waals surface area contributed by atoms with Crippen LogP contribution >= 0.6 is 34.5 Å². The lowest BCUT2D eigenvalue weighted by Gasteiger charge is -2.17. The van der Waals surface area contributed by atoms with Gasteiger partial charge in [0.25, 0.3) is 0 Å². The number of unbranched alkanes of at least 4 members (excludes halogenated alkanes) is 2. The molecule has 3 aromatic rings. The summed E-state index contributed by atoms with van der Waals surface area (Å²) in [6, 6.07) is 7.35. The summed E-state index contributed by atoms with van der Waals surface area (Å²) in [6.07, 6.45) is 11.6. The van der Waals surface area contributed by atoms with Gasteiger partial charge in [-0.2, -0.15) is 0 Å². The highest BCUT2D eigenvalue weighted by Crippen LogP contribution is 2.40. The number of thiazole rings is 1. The van der Waals surface area contributed by atoms with Crippen molar-refractivity contribution in [2.45, 2.75) is 39.0 Å². The summed E-state index contributed by atoms with van der Waals surface area (Å²) in [6.45, 7) is 5.73. The summed E-state index contributed by atoms with van der Waals surface area (Å²) >= 11 is 14.3. The molecule has 3 heterocycles. The minimum Gasteiger partial charge on any atom is -0.310 e. The second-order valence-electron chi connectivity index (χ2n) is 7.87. The highest BCUT2D eigenvalue weighted by Gasteiger charge is 2.24. The first-order valence-corrected chi connectivity index (χ1v) is 12.6. The topological polar surface area (TPSA) is 67.2 Å². The molecule has 0 spiro atoms. The van der Waals surface area contributed by atoms with Crippen LogP contribution in [-0.2, 0) is 11.2 Å². The number of pyridine rings is 1. The fraction of sp³-hybridized carbons (Fsp3) is 0.231. The number of amides is 1. The van der Waals surface area contributed by atoms with Gasteiger partial charge in [0.2, 0.25) is 5.91 Å². The minimum absolute atomic E-state index is 0.0199. The van der Waals surface area contributed by atoms with Crippen LogP contribution in [0.25, 0.3) is 21.8 Å². The van der Waals surface area contributed by atoms with E-state index in [1.165, 1.54) is 0 Å². The van der Waals surface area contributed by atoms with E-state index in [4.69, 9.17) is 28.2 Å². The number of aromatic nitrogens is 2. The van der Waals surface area contributed by atoms with Crippen LogP contribution in [0, 0.1) is 0 Å². The second kappa shape index (κ2) is 11.1. The molecule has 174 valence electrons. The van der Waals surface area contributed by atoms with Crippen molar-refractivity contribution >= 4 is 52.0 Å². The lowest BCUT2D eigenvalue weighted by Crippen LogP contribution is -2.20. The minimum atomic E-state index is -0.0199. The second-order valence-corrected chi connectivity index (χ2v) is 9.72. The van der Waals surface area contributed by atoms with Gasteiger partial charge in [-0.15, -0.1) is 17.9 Å². The van der Waals surface area contributed by atoms with Gasteiger partial charge in [-0.05, 0) is 56.9 Å². The molecule has 0 saturated heterocycles. The average Bonchev–Trinajstić information content (AvgIpc) is 3.25. The number of hydrogen-bond donors (Lipinski definition) is 1. The molecule has 0 bridgehead atoms. The maximum atomic E-state index is 11.8. The van der Waals surface area contributed by atoms with Crippen LogP contribution in [0.1, 0.15) is 43.0 Å². The van der Waals surface area contributed by atoms with Gasteiger partial charge in [0.15, 0.2) is 0 Å². The molecule has 1 aliphatic heterocycles. The number of nitrogens with zero attached hydrogens (tertiary/aromatic N) is 3. The molecule has 0 radical (unpaired) electrons. The maximum absolute atomic E-state index is 11.8. The Balaban J connectivity index is 1.77. The van der Waals surface area contributed by atoms with Gasteiger partial charge in [0, 0.05) is 40.5 Å². The lowest BCUT2D eigenvalue weighted by atomic mass is 10.0. The van der Waals surface area contributed by atoms with Crippen molar-refractivity contribution in [1.82, 2.24) is 9.97 Å². The van der Waals surface area contributed by atoms with Crippen LogP contribution in [-0.4, -0.2) is 21.6 Å². The van der Waals surface area contributed by atoms with Crippen LogP contribution in [0.15, 0.2) is 60.4 Å². The molecular formula is C26H24Cl2N4OS. The van der Waals surface area contributed by atoms with Crippen LogP contribution in [0.2, 0.25) is 10.0 Å². The molecule has 4 rings (SSSR count). The summed E-state index contributed by atoms with van der Waals surface area (Å²) in [4.78, 5) is 26.8. The number of carbonyl (C=O) groups is 1. The van der Waals surface area contributed by atoms with Gasteiger partial charge in [-0.1, -0.05) is 35.4 Å². The summed E-state index contributed by atoms with van der Waals surface area (Å²) in [5, 5.41) is 4.79. The zero-order chi connectivity index (χ0) is 24.1.